The van der Waals surface area contributed by atoms with E-state index in [9.17, 15) is 20.2 Å². The monoisotopic (exact) mass is 387 g/mol. The Labute approximate surface area is 158 Å². The van der Waals surface area contributed by atoms with E-state index in [0.29, 0.717) is 16.1 Å². The molecule has 0 atom stereocenters. The first-order valence-corrected chi connectivity index (χ1v) is 9.16. The summed E-state index contributed by atoms with van der Waals surface area (Å²) in [5, 5.41) is 23.7. The molecule has 1 N–H and O–H groups in total. The van der Waals surface area contributed by atoms with Crippen LogP contribution in [-0.2, 0) is 17.6 Å². The molecule has 0 unspecified atom stereocenters. The molecule has 2 aromatic rings. The number of aryl methyl sites for hydroxylation is 1. The number of nitrogens with one attached hydrogen (secondary N) is 1. The molecule has 8 heteroatoms. The van der Waals surface area contributed by atoms with Gasteiger partial charge in [-0.05, 0) is 49.0 Å². The molecule has 0 fully saturated rings. The minimum atomic E-state index is -0.574. The average Bonchev–Trinajstić information content (AvgIpc) is 2.97. The molecule has 1 aliphatic carbocycles. The molecule has 1 aliphatic rings. The molecular formula is C18H14ClN3O3S. The Morgan fingerprint density at radius 3 is 2.88 bits per heavy atom. The van der Waals surface area contributed by atoms with E-state index in [-0.39, 0.29) is 10.7 Å². The van der Waals surface area contributed by atoms with Gasteiger partial charge >= 0.3 is 0 Å². The highest BCUT2D eigenvalue weighted by atomic mass is 35.5. The van der Waals surface area contributed by atoms with Crippen molar-refractivity contribution >= 4 is 45.6 Å². The van der Waals surface area contributed by atoms with Gasteiger partial charge < -0.3 is 5.32 Å². The predicted molar refractivity (Wildman–Crippen MR) is 101 cm³/mol. The summed E-state index contributed by atoms with van der Waals surface area (Å²) in [5.74, 6) is -0.391. The number of nitro benzene ring substituents is 1. The molecular weight excluding hydrogens is 374 g/mol. The number of fused-ring (bicyclic) bond motifs is 1. The van der Waals surface area contributed by atoms with Crippen LogP contribution in [0.25, 0.3) is 6.08 Å². The number of hydrogen-bond donors (Lipinski definition) is 1. The van der Waals surface area contributed by atoms with Gasteiger partial charge in [-0.2, -0.15) is 5.26 Å². The molecule has 26 heavy (non-hydrogen) atoms. The fourth-order valence-corrected chi connectivity index (χ4v) is 4.30. The molecule has 132 valence electrons. The molecule has 3 rings (SSSR count). The van der Waals surface area contributed by atoms with Gasteiger partial charge in [-0.3, -0.25) is 14.9 Å². The summed E-state index contributed by atoms with van der Waals surface area (Å²) in [7, 11) is 0. The largest absolute Gasteiger partial charge is 0.313 e. The van der Waals surface area contributed by atoms with Gasteiger partial charge in [0.2, 0.25) is 5.91 Å². The number of benzene rings is 1. The number of carbonyl (C=O) groups is 1. The maximum Gasteiger partial charge on any atom is 0.288 e. The zero-order valence-corrected chi connectivity index (χ0v) is 15.2. The first kappa shape index (κ1) is 18.1. The van der Waals surface area contributed by atoms with E-state index in [1.807, 2.05) is 0 Å². The number of nitriles is 1. The maximum atomic E-state index is 12.2. The number of carbonyl (C=O) groups excluding carboxylic acids is 1. The summed E-state index contributed by atoms with van der Waals surface area (Å²) < 4.78 is 0. The normalized spacial score (nSPS) is 13.2. The van der Waals surface area contributed by atoms with Gasteiger partial charge in [-0.15, -0.1) is 11.3 Å². The van der Waals surface area contributed by atoms with Crippen molar-refractivity contribution in [2.75, 3.05) is 5.32 Å². The van der Waals surface area contributed by atoms with Crippen LogP contribution in [-0.4, -0.2) is 10.8 Å². The Hall–Kier alpha value is -2.69. The van der Waals surface area contributed by atoms with Crippen molar-refractivity contribution < 1.29 is 9.72 Å². The van der Waals surface area contributed by atoms with Crippen LogP contribution in [0, 0.1) is 21.4 Å². The number of rotatable bonds is 4. The fraction of sp³-hybridized carbons (Fsp3) is 0.222. The molecule has 0 aliphatic heterocycles. The molecule has 0 saturated carbocycles. The Bertz CT molecular complexity index is 959. The van der Waals surface area contributed by atoms with Gasteiger partial charge in [0, 0.05) is 17.0 Å². The van der Waals surface area contributed by atoms with E-state index in [2.05, 4.69) is 11.4 Å². The lowest BCUT2D eigenvalue weighted by molar-refractivity contribution is -0.384. The van der Waals surface area contributed by atoms with Crippen LogP contribution in [0.2, 0.25) is 5.02 Å². The van der Waals surface area contributed by atoms with Crippen molar-refractivity contribution in [3.05, 3.63) is 61.0 Å². The summed E-state index contributed by atoms with van der Waals surface area (Å²) in [6.07, 6.45) is 6.72. The van der Waals surface area contributed by atoms with Crippen LogP contribution in [0.4, 0.5) is 10.7 Å². The maximum absolute atomic E-state index is 12.2. The van der Waals surface area contributed by atoms with Crippen LogP contribution in [0.15, 0.2) is 24.3 Å². The smallest absolute Gasteiger partial charge is 0.288 e. The van der Waals surface area contributed by atoms with Gasteiger partial charge in [0.15, 0.2) is 0 Å². The summed E-state index contributed by atoms with van der Waals surface area (Å²) in [6.45, 7) is 0. The van der Waals surface area contributed by atoms with Crippen molar-refractivity contribution in [1.29, 1.82) is 5.26 Å². The second kappa shape index (κ2) is 7.68. The highest BCUT2D eigenvalue weighted by Crippen LogP contribution is 2.37. The first-order chi connectivity index (χ1) is 12.5. The number of thiophene rings is 1. The number of anilines is 1. The van der Waals surface area contributed by atoms with Crippen molar-refractivity contribution in [3.63, 3.8) is 0 Å². The highest BCUT2D eigenvalue weighted by molar-refractivity contribution is 7.16. The summed E-state index contributed by atoms with van der Waals surface area (Å²) in [6, 6.07) is 6.50. The minimum Gasteiger partial charge on any atom is -0.313 e. The predicted octanol–water partition coefficient (Wildman–Crippen LogP) is 4.71. The molecule has 0 spiro atoms. The van der Waals surface area contributed by atoms with E-state index in [1.54, 1.807) is 6.07 Å². The van der Waals surface area contributed by atoms with Crippen LogP contribution < -0.4 is 5.32 Å². The lowest BCUT2D eigenvalue weighted by Gasteiger charge is -2.09. The highest BCUT2D eigenvalue weighted by Gasteiger charge is 2.21. The third kappa shape index (κ3) is 3.77. The van der Waals surface area contributed by atoms with E-state index in [4.69, 9.17) is 11.6 Å². The Kier molecular flexibility index (Phi) is 5.35. The SMILES string of the molecule is N#Cc1c(NC(=O)C=Cc2ccc(Cl)c([N+](=O)[O-])c2)sc2c1CCCC2. The van der Waals surface area contributed by atoms with Crippen LogP contribution in [0.5, 0.6) is 0 Å². The lowest BCUT2D eigenvalue weighted by Crippen LogP contribution is -2.07. The number of nitro groups is 1. The Morgan fingerprint density at radius 2 is 2.15 bits per heavy atom. The van der Waals surface area contributed by atoms with Crippen LogP contribution in [0.1, 0.15) is 34.4 Å². The molecule has 0 bridgehead atoms. The third-order valence-corrected chi connectivity index (χ3v) is 5.64. The summed E-state index contributed by atoms with van der Waals surface area (Å²) >= 11 is 7.22. The van der Waals surface area contributed by atoms with Gasteiger partial charge in [-0.25, -0.2) is 0 Å². The second-order valence-electron chi connectivity index (χ2n) is 5.82. The summed E-state index contributed by atoms with van der Waals surface area (Å²) in [4.78, 5) is 23.7. The van der Waals surface area contributed by atoms with Gasteiger partial charge in [0.1, 0.15) is 16.1 Å². The molecule has 6 nitrogen and oxygen atoms in total. The van der Waals surface area contributed by atoms with Gasteiger partial charge in [-0.1, -0.05) is 17.7 Å². The quantitative estimate of drug-likeness (QED) is 0.466. The van der Waals surface area contributed by atoms with Gasteiger partial charge in [0.05, 0.1) is 10.5 Å². The molecule has 0 saturated heterocycles. The standard InChI is InChI=1S/C18H14ClN3O3S/c19-14-7-5-11(9-15(14)22(24)25)6-8-17(23)21-18-13(10-20)12-3-1-2-4-16(12)26-18/h5-9H,1-4H2,(H,21,23). The van der Waals surface area contributed by atoms with Gasteiger partial charge in [0.25, 0.3) is 5.69 Å². The second-order valence-corrected chi connectivity index (χ2v) is 7.33. The Morgan fingerprint density at radius 1 is 1.38 bits per heavy atom. The minimum absolute atomic E-state index is 0.0411. The van der Waals surface area contributed by atoms with Crippen molar-refractivity contribution in [3.8, 4) is 6.07 Å². The van der Waals surface area contributed by atoms with E-state index >= 15 is 0 Å². The van der Waals surface area contributed by atoms with E-state index in [0.717, 1.165) is 31.2 Å². The number of hydrogen-bond acceptors (Lipinski definition) is 5. The molecule has 1 aromatic heterocycles. The zero-order chi connectivity index (χ0) is 18.7. The van der Waals surface area contributed by atoms with Crippen molar-refractivity contribution in [1.82, 2.24) is 0 Å². The van der Waals surface area contributed by atoms with E-state index in [1.165, 1.54) is 40.5 Å². The number of amides is 1. The van der Waals surface area contributed by atoms with Crippen LogP contribution >= 0.6 is 22.9 Å². The van der Waals surface area contributed by atoms with Crippen LogP contribution in [0.3, 0.4) is 0 Å². The summed E-state index contributed by atoms with van der Waals surface area (Å²) in [5.41, 5.74) is 1.87. The molecule has 1 heterocycles. The molecule has 1 aromatic carbocycles. The third-order valence-electron chi connectivity index (χ3n) is 4.11. The Balaban J connectivity index is 1.77. The zero-order valence-electron chi connectivity index (χ0n) is 13.6. The molecule has 0 radical (unpaired) electrons. The topological polar surface area (TPSA) is 96.0 Å². The number of nitrogens with zero attached hydrogens (tertiary/aromatic N) is 2. The first-order valence-electron chi connectivity index (χ1n) is 7.97. The number of halogens is 1. The lowest BCUT2D eigenvalue weighted by atomic mass is 9.96. The average molecular weight is 388 g/mol. The van der Waals surface area contributed by atoms with Crippen molar-refractivity contribution in [2.24, 2.45) is 0 Å². The van der Waals surface area contributed by atoms with Crippen molar-refractivity contribution in [2.45, 2.75) is 25.7 Å². The fourth-order valence-electron chi connectivity index (χ4n) is 2.87. The van der Waals surface area contributed by atoms with E-state index < -0.39 is 10.8 Å². The molecule has 1 amide bonds.